The molecule has 2 nitrogen and oxygen atoms in total. The lowest BCUT2D eigenvalue weighted by atomic mass is 9.82. The molecule has 2 heteroatoms. The average molecular weight is 1020 g/mol. The fourth-order valence-electron chi connectivity index (χ4n) is 11.2. The predicted molar refractivity (Wildman–Crippen MR) is 337 cm³/mol. The zero-order valence-corrected chi connectivity index (χ0v) is 49.9. The molecule has 1 heterocycles. The van der Waals surface area contributed by atoms with Crippen LogP contribution in [-0.4, -0.2) is 0 Å². The fraction of sp³-hybridized carbons (Fsp3) is 0.289. The van der Waals surface area contributed by atoms with Crippen LogP contribution in [-0.2, 0) is 21.7 Å². The molecule has 0 saturated heterocycles. The predicted octanol–water partition coefficient (Wildman–Crippen LogP) is 22.3. The van der Waals surface area contributed by atoms with Crippen molar-refractivity contribution < 1.29 is 4.74 Å². The minimum Gasteiger partial charge on any atom is -0.453 e. The van der Waals surface area contributed by atoms with Crippen molar-refractivity contribution in [2.75, 3.05) is 4.90 Å². The minimum atomic E-state index is -0.0165. The molecule has 9 aromatic rings. The summed E-state index contributed by atoms with van der Waals surface area (Å²) in [5, 5.41) is 0. The first-order chi connectivity index (χ1) is 36.5. The molecular weight excluding hydrogens is 943 g/mol. The maximum Gasteiger partial charge on any atom is 0.151 e. The lowest BCUT2D eigenvalue weighted by Crippen LogP contribution is -2.16. The molecule has 0 aromatic heterocycles. The highest BCUT2D eigenvalue weighted by Gasteiger charge is 2.28. The van der Waals surface area contributed by atoms with Gasteiger partial charge in [-0.1, -0.05) is 190 Å². The number of hydrogen-bond acceptors (Lipinski definition) is 2. The van der Waals surface area contributed by atoms with Gasteiger partial charge in [0.2, 0.25) is 0 Å². The molecule has 10 rings (SSSR count). The molecule has 1 aliphatic heterocycles. The van der Waals surface area contributed by atoms with E-state index in [1.54, 1.807) is 0 Å². The summed E-state index contributed by atoms with van der Waals surface area (Å²) in [5.74, 6) is 1.69. The summed E-state index contributed by atoms with van der Waals surface area (Å²) in [7, 11) is 0. The molecule has 9 aromatic carbocycles. The monoisotopic (exact) mass is 1020 g/mol. The second-order valence-electron chi connectivity index (χ2n) is 27.1. The zero-order chi connectivity index (χ0) is 56.0. The van der Waals surface area contributed by atoms with Crippen molar-refractivity contribution in [3.05, 3.63) is 219 Å². The normalized spacial score (nSPS) is 12.8. The highest BCUT2D eigenvalue weighted by Crippen LogP contribution is 2.53. The third-order valence-electron chi connectivity index (χ3n) is 15.7. The highest BCUT2D eigenvalue weighted by molar-refractivity contribution is 5.93. The number of nitrogens with zero attached hydrogens (tertiary/aromatic N) is 1. The van der Waals surface area contributed by atoms with Crippen molar-refractivity contribution in [1.29, 1.82) is 0 Å². The fourth-order valence-corrected chi connectivity index (χ4v) is 11.2. The summed E-state index contributed by atoms with van der Waals surface area (Å²) in [6.07, 6.45) is 0. The molecule has 1 aliphatic rings. The van der Waals surface area contributed by atoms with Crippen LogP contribution in [0.25, 0.3) is 66.8 Å². The number of fused-ring (bicyclic) bond motifs is 2. The Morgan fingerprint density at radius 3 is 0.718 bits per heavy atom. The third kappa shape index (κ3) is 11.3. The van der Waals surface area contributed by atoms with Gasteiger partial charge in [-0.2, -0.15) is 0 Å². The van der Waals surface area contributed by atoms with Crippen molar-refractivity contribution >= 4 is 17.1 Å². The van der Waals surface area contributed by atoms with Crippen LogP contribution >= 0.6 is 0 Å². The number of anilines is 3. The van der Waals surface area contributed by atoms with Crippen LogP contribution in [0.3, 0.4) is 0 Å². The van der Waals surface area contributed by atoms with Crippen molar-refractivity contribution in [3.63, 3.8) is 0 Å². The highest BCUT2D eigenvalue weighted by atomic mass is 16.5. The summed E-state index contributed by atoms with van der Waals surface area (Å²) >= 11 is 0. The number of aryl methyl sites for hydroxylation is 6. The first-order valence-corrected chi connectivity index (χ1v) is 28.2. The van der Waals surface area contributed by atoms with Gasteiger partial charge in [0.05, 0.1) is 11.4 Å². The second kappa shape index (κ2) is 19.8. The van der Waals surface area contributed by atoms with Gasteiger partial charge in [-0.25, -0.2) is 0 Å². The van der Waals surface area contributed by atoms with Crippen LogP contribution in [0.4, 0.5) is 17.1 Å². The minimum absolute atomic E-state index is 0.0165. The number of hydrogen-bond donors (Lipinski definition) is 0. The summed E-state index contributed by atoms with van der Waals surface area (Å²) < 4.78 is 6.81. The van der Waals surface area contributed by atoms with Gasteiger partial charge < -0.3 is 9.64 Å². The maximum atomic E-state index is 6.81. The molecule has 0 spiro atoms. The largest absolute Gasteiger partial charge is 0.453 e. The Labute approximate surface area is 468 Å². The Morgan fingerprint density at radius 2 is 0.474 bits per heavy atom. The SMILES string of the molecule is Cc1cc(-c2cc(-c3cc(-c4cc(-c5cc(C)cc(C(C)(C)C)c5)cc(-c5cc(C)cc(C(C)(C)C)c5)c4)cc(N4c5ccc(C)cc5Oc5cc(C)ccc54)c3)cc(-c3cc(C)cc(C(C)(C)C)c3)c2)cc(C(C)(C)C)c1. The van der Waals surface area contributed by atoms with E-state index in [0.29, 0.717) is 0 Å². The molecule has 0 fully saturated rings. The lowest BCUT2D eigenvalue weighted by molar-refractivity contribution is 0.476. The van der Waals surface area contributed by atoms with Gasteiger partial charge in [-0.05, 0) is 242 Å². The van der Waals surface area contributed by atoms with Gasteiger partial charge >= 0.3 is 0 Å². The summed E-state index contributed by atoms with van der Waals surface area (Å²) in [5.41, 5.74) is 30.0. The quantitative estimate of drug-likeness (QED) is 0.158. The van der Waals surface area contributed by atoms with E-state index in [0.717, 1.165) is 61.9 Å². The van der Waals surface area contributed by atoms with E-state index in [-0.39, 0.29) is 21.7 Å². The first-order valence-electron chi connectivity index (χ1n) is 28.2. The van der Waals surface area contributed by atoms with Crippen LogP contribution in [0.5, 0.6) is 11.5 Å². The Hall–Kier alpha value is -7.42. The van der Waals surface area contributed by atoms with E-state index in [1.807, 2.05) is 0 Å². The zero-order valence-electron chi connectivity index (χ0n) is 49.9. The van der Waals surface area contributed by atoms with E-state index >= 15 is 0 Å². The molecule has 0 amide bonds. The molecule has 0 atom stereocenters. The van der Waals surface area contributed by atoms with Gasteiger partial charge in [0.15, 0.2) is 11.5 Å². The van der Waals surface area contributed by atoms with Crippen molar-refractivity contribution in [2.24, 2.45) is 0 Å². The van der Waals surface area contributed by atoms with Crippen LogP contribution in [0.1, 0.15) is 139 Å². The van der Waals surface area contributed by atoms with E-state index in [1.165, 1.54) is 89.0 Å². The summed E-state index contributed by atoms with van der Waals surface area (Å²) in [6, 6.07) is 63.6. The van der Waals surface area contributed by atoms with Crippen molar-refractivity contribution in [2.45, 2.75) is 146 Å². The third-order valence-corrected chi connectivity index (χ3v) is 15.7. The lowest BCUT2D eigenvalue weighted by Gasteiger charge is -2.34. The van der Waals surface area contributed by atoms with Gasteiger partial charge in [0, 0.05) is 5.69 Å². The topological polar surface area (TPSA) is 12.5 Å². The molecule has 396 valence electrons. The van der Waals surface area contributed by atoms with Crippen LogP contribution < -0.4 is 9.64 Å². The maximum absolute atomic E-state index is 6.81. The van der Waals surface area contributed by atoms with Gasteiger partial charge in [0.25, 0.3) is 0 Å². The molecule has 0 N–H and O–H groups in total. The molecule has 0 aliphatic carbocycles. The van der Waals surface area contributed by atoms with Crippen LogP contribution in [0.2, 0.25) is 0 Å². The first kappa shape index (κ1) is 54.0. The summed E-state index contributed by atoms with van der Waals surface area (Å²) in [6.45, 7) is 41.0. The van der Waals surface area contributed by atoms with Crippen LogP contribution in [0.15, 0.2) is 164 Å². The van der Waals surface area contributed by atoms with Gasteiger partial charge in [0.1, 0.15) is 0 Å². The number of ether oxygens (including phenoxy) is 1. The number of rotatable bonds is 7. The molecule has 78 heavy (non-hydrogen) atoms. The van der Waals surface area contributed by atoms with E-state index < -0.39 is 0 Å². The van der Waals surface area contributed by atoms with E-state index in [9.17, 15) is 0 Å². The molecule has 0 radical (unpaired) electrons. The Bertz CT molecular complexity index is 3410. The smallest absolute Gasteiger partial charge is 0.151 e. The van der Waals surface area contributed by atoms with Gasteiger partial charge in [-0.15, -0.1) is 0 Å². The van der Waals surface area contributed by atoms with Crippen molar-refractivity contribution in [3.8, 4) is 78.3 Å². The standard InChI is InChI=1S/C76H81NO/c1-46-19-21-69-71(31-46)78-72-32-47(2)20-22-70(72)77(69)68-44-62(60-35-56(52-23-48(3)27-64(40-52)73(7,8)9)33-57(36-60)53-24-49(4)28-65(41-53)74(10,11)12)39-63(45-68)61-37-58(54-25-50(5)29-66(42-54)75(13,14)15)34-59(38-61)55-26-51(6)30-67(43-55)76(16,17)18/h19-45H,1-18H3. The molecule has 0 bridgehead atoms. The molecule has 0 unspecified atom stereocenters. The van der Waals surface area contributed by atoms with Crippen molar-refractivity contribution in [1.82, 2.24) is 0 Å². The second-order valence-corrected chi connectivity index (χ2v) is 27.1. The van der Waals surface area contributed by atoms with Crippen LogP contribution in [0, 0.1) is 41.5 Å². The van der Waals surface area contributed by atoms with Gasteiger partial charge in [-0.3, -0.25) is 0 Å². The van der Waals surface area contributed by atoms with E-state index in [2.05, 4.69) is 293 Å². The molecular formula is C76H81NO. The molecule has 0 saturated carbocycles. The summed E-state index contributed by atoms with van der Waals surface area (Å²) in [4.78, 5) is 2.42. The number of benzene rings is 9. The Kier molecular flexibility index (Phi) is 13.7. The Morgan fingerprint density at radius 1 is 0.244 bits per heavy atom. The Balaban J connectivity index is 1.31. The van der Waals surface area contributed by atoms with E-state index in [4.69, 9.17) is 4.74 Å². The average Bonchev–Trinajstić information content (AvgIpc) is 3.47.